The summed E-state index contributed by atoms with van der Waals surface area (Å²) in [6, 6.07) is 2.86. The Hall–Kier alpha value is -1.65. The number of carbonyl (C=O) groups excluding carboxylic acids is 1. The van der Waals surface area contributed by atoms with Crippen LogP contribution in [-0.2, 0) is 10.2 Å². The van der Waals surface area contributed by atoms with Gasteiger partial charge in [-0.25, -0.2) is 9.97 Å². The largest absolute Gasteiger partial charge is 0.367 e. The molecule has 124 valence electrons. The van der Waals surface area contributed by atoms with E-state index in [4.69, 9.17) is 0 Å². The lowest BCUT2D eigenvalue weighted by molar-refractivity contribution is -0.130. The van der Waals surface area contributed by atoms with Gasteiger partial charge in [0.15, 0.2) is 0 Å². The Morgan fingerprint density at radius 3 is 2.45 bits per heavy atom. The molecule has 1 fully saturated rings. The number of hydrogen-bond donors (Lipinski definition) is 1. The highest BCUT2D eigenvalue weighted by Crippen LogP contribution is 2.26. The first kappa shape index (κ1) is 16.7. The van der Waals surface area contributed by atoms with Crippen molar-refractivity contribution in [2.45, 2.75) is 70.9 Å². The number of aromatic nitrogens is 2. The van der Waals surface area contributed by atoms with Crippen molar-refractivity contribution in [3.8, 4) is 0 Å². The highest BCUT2D eigenvalue weighted by Gasteiger charge is 2.25. The Morgan fingerprint density at radius 1 is 1.27 bits per heavy atom. The zero-order valence-electron chi connectivity index (χ0n) is 14.4. The number of nitrogens with zero attached hydrogens (tertiary/aromatic N) is 3. The average molecular weight is 306 g/mol. The molecule has 0 bridgehead atoms. The molecule has 1 aliphatic rings. The average Bonchev–Trinajstić information content (AvgIpc) is 2.46. The van der Waals surface area contributed by atoms with Crippen molar-refractivity contribution in [2.24, 2.45) is 0 Å². The van der Waals surface area contributed by atoms with Gasteiger partial charge in [0.1, 0.15) is 12.1 Å². The van der Waals surface area contributed by atoms with Gasteiger partial charge in [0, 0.05) is 39.0 Å². The first-order valence-corrected chi connectivity index (χ1v) is 8.10. The van der Waals surface area contributed by atoms with Gasteiger partial charge in [-0.2, -0.15) is 0 Å². The highest BCUT2D eigenvalue weighted by molar-refractivity contribution is 5.73. The van der Waals surface area contributed by atoms with Gasteiger partial charge in [-0.15, -0.1) is 0 Å². The lowest BCUT2D eigenvalue weighted by Gasteiger charge is -2.34. The van der Waals surface area contributed by atoms with E-state index in [9.17, 15) is 4.79 Å². The predicted molar refractivity (Wildman–Crippen MR) is 91.0 cm³/mol. The highest BCUT2D eigenvalue weighted by atomic mass is 16.2. The summed E-state index contributed by atoms with van der Waals surface area (Å²) in [6.07, 6.45) is 5.86. The van der Waals surface area contributed by atoms with Crippen LogP contribution in [0, 0.1) is 0 Å². The number of carbonyl (C=O) groups is 1. The number of rotatable bonds is 3. The SMILES string of the molecule is CC(=O)N(C)C1CCC(Nc2cc(C(C)(C)C)ncn2)CC1.[HH]. The van der Waals surface area contributed by atoms with Crippen molar-refractivity contribution in [1.29, 1.82) is 0 Å². The molecule has 22 heavy (non-hydrogen) atoms. The van der Waals surface area contributed by atoms with Crippen LogP contribution in [0.5, 0.6) is 0 Å². The summed E-state index contributed by atoms with van der Waals surface area (Å²) < 4.78 is 0. The number of anilines is 1. The normalized spacial score (nSPS) is 22.2. The molecule has 0 unspecified atom stereocenters. The molecule has 1 heterocycles. The van der Waals surface area contributed by atoms with E-state index < -0.39 is 0 Å². The maximum atomic E-state index is 11.4. The molecule has 0 aromatic carbocycles. The fourth-order valence-corrected chi connectivity index (χ4v) is 2.92. The third-order valence-electron chi connectivity index (χ3n) is 4.53. The molecular formula is C17H30N4O. The molecule has 5 heteroatoms. The molecule has 5 nitrogen and oxygen atoms in total. The lowest BCUT2D eigenvalue weighted by atomic mass is 9.90. The molecule has 0 saturated heterocycles. The van der Waals surface area contributed by atoms with Crippen LogP contribution in [0.3, 0.4) is 0 Å². The van der Waals surface area contributed by atoms with Gasteiger partial charge in [0.2, 0.25) is 5.91 Å². The van der Waals surface area contributed by atoms with E-state index in [0.29, 0.717) is 12.1 Å². The topological polar surface area (TPSA) is 58.1 Å². The van der Waals surface area contributed by atoms with Crippen LogP contribution < -0.4 is 5.32 Å². The minimum atomic E-state index is 0. The molecule has 0 spiro atoms. The van der Waals surface area contributed by atoms with Gasteiger partial charge in [0.05, 0.1) is 5.69 Å². The van der Waals surface area contributed by atoms with E-state index in [1.54, 1.807) is 13.3 Å². The van der Waals surface area contributed by atoms with Crippen LogP contribution in [0.25, 0.3) is 0 Å². The standard InChI is InChI=1S/C17H28N4O.H2/c1-12(22)21(5)14-8-6-13(7-9-14)20-16-10-15(17(2,3)4)18-11-19-16;/h10-11,13-14H,6-9H2,1-5H3,(H,18,19,20);1H. The fourth-order valence-electron chi connectivity index (χ4n) is 2.92. The second kappa shape index (κ2) is 6.63. The summed E-state index contributed by atoms with van der Waals surface area (Å²) >= 11 is 0. The van der Waals surface area contributed by atoms with E-state index in [1.807, 2.05) is 18.0 Å². The molecule has 0 atom stereocenters. The third kappa shape index (κ3) is 4.18. The Balaban J connectivity index is 0.00000264. The summed E-state index contributed by atoms with van der Waals surface area (Å²) in [6.45, 7) is 8.10. The Bertz CT molecular complexity index is 522. The molecule has 1 aromatic heterocycles. The van der Waals surface area contributed by atoms with Crippen molar-refractivity contribution in [3.63, 3.8) is 0 Å². The number of amides is 1. The van der Waals surface area contributed by atoms with E-state index >= 15 is 0 Å². The minimum absolute atomic E-state index is 0. The van der Waals surface area contributed by atoms with Crippen molar-refractivity contribution >= 4 is 11.7 Å². The van der Waals surface area contributed by atoms with Gasteiger partial charge in [0.25, 0.3) is 0 Å². The van der Waals surface area contributed by atoms with Crippen molar-refractivity contribution in [2.75, 3.05) is 12.4 Å². The Morgan fingerprint density at radius 2 is 1.91 bits per heavy atom. The second-order valence-electron chi connectivity index (χ2n) is 7.32. The van der Waals surface area contributed by atoms with Gasteiger partial charge in [-0.05, 0) is 25.7 Å². The predicted octanol–water partition coefficient (Wildman–Crippen LogP) is 3.22. The quantitative estimate of drug-likeness (QED) is 0.931. The van der Waals surface area contributed by atoms with Crippen LogP contribution in [0.4, 0.5) is 5.82 Å². The summed E-state index contributed by atoms with van der Waals surface area (Å²) in [5, 5.41) is 3.53. The number of nitrogens with one attached hydrogen (secondary N) is 1. The van der Waals surface area contributed by atoms with Crippen LogP contribution in [0.2, 0.25) is 0 Å². The van der Waals surface area contributed by atoms with Gasteiger partial charge in [-0.1, -0.05) is 20.8 Å². The maximum absolute atomic E-state index is 11.4. The molecule has 1 saturated carbocycles. The molecule has 1 amide bonds. The zero-order chi connectivity index (χ0) is 16.3. The van der Waals surface area contributed by atoms with E-state index in [1.165, 1.54) is 0 Å². The molecule has 1 aliphatic carbocycles. The van der Waals surface area contributed by atoms with Gasteiger partial charge in [-0.3, -0.25) is 4.79 Å². The minimum Gasteiger partial charge on any atom is -0.367 e. The molecule has 0 aliphatic heterocycles. The van der Waals surface area contributed by atoms with E-state index in [0.717, 1.165) is 37.2 Å². The first-order chi connectivity index (χ1) is 10.3. The van der Waals surface area contributed by atoms with Crippen LogP contribution >= 0.6 is 0 Å². The van der Waals surface area contributed by atoms with Crippen molar-refractivity contribution < 1.29 is 6.22 Å². The summed E-state index contributed by atoms with van der Waals surface area (Å²) in [7, 11) is 1.90. The smallest absolute Gasteiger partial charge is 0.219 e. The Kier molecular flexibility index (Phi) is 5.04. The van der Waals surface area contributed by atoms with E-state index in [-0.39, 0.29) is 12.7 Å². The van der Waals surface area contributed by atoms with Gasteiger partial charge >= 0.3 is 0 Å². The molecular weight excluding hydrogens is 276 g/mol. The van der Waals surface area contributed by atoms with Crippen molar-refractivity contribution in [3.05, 3.63) is 18.1 Å². The van der Waals surface area contributed by atoms with Crippen LogP contribution in [0.15, 0.2) is 12.4 Å². The first-order valence-electron chi connectivity index (χ1n) is 8.10. The second-order valence-corrected chi connectivity index (χ2v) is 7.32. The van der Waals surface area contributed by atoms with Crippen molar-refractivity contribution in [1.82, 2.24) is 14.9 Å². The molecule has 0 radical (unpaired) electrons. The third-order valence-corrected chi connectivity index (χ3v) is 4.53. The zero-order valence-corrected chi connectivity index (χ0v) is 14.4. The molecule has 2 rings (SSSR count). The van der Waals surface area contributed by atoms with Crippen LogP contribution in [-0.4, -0.2) is 39.9 Å². The molecule has 1 N–H and O–H groups in total. The van der Waals surface area contributed by atoms with Gasteiger partial charge < -0.3 is 10.2 Å². The summed E-state index contributed by atoms with van der Waals surface area (Å²) in [4.78, 5) is 22.0. The van der Waals surface area contributed by atoms with Crippen LogP contribution in [0.1, 0.15) is 60.5 Å². The van der Waals surface area contributed by atoms with E-state index in [2.05, 4.69) is 36.1 Å². The lowest BCUT2D eigenvalue weighted by Crippen LogP contribution is -2.40. The molecule has 1 aromatic rings. The maximum Gasteiger partial charge on any atom is 0.219 e. The summed E-state index contributed by atoms with van der Waals surface area (Å²) in [5.41, 5.74) is 1.08. The fraction of sp³-hybridized carbons (Fsp3) is 0.706. The summed E-state index contributed by atoms with van der Waals surface area (Å²) in [5.74, 6) is 1.06. The number of hydrogen-bond acceptors (Lipinski definition) is 4. The Labute approximate surface area is 135 Å². The monoisotopic (exact) mass is 306 g/mol.